The molecule has 0 aromatic rings. The number of piperidine rings is 1. The van der Waals surface area contributed by atoms with Gasteiger partial charge in [0.1, 0.15) is 0 Å². The molecule has 4 heteroatoms. The lowest BCUT2D eigenvalue weighted by atomic mass is 9.77. The number of likely N-dealkylation sites (tertiary alicyclic amines) is 1. The molecule has 3 aliphatic rings. The smallest absolute Gasteiger partial charge is 0.229 e. The van der Waals surface area contributed by atoms with Crippen LogP contribution in [0, 0.1) is 11.3 Å². The summed E-state index contributed by atoms with van der Waals surface area (Å²) < 4.78 is 5.52. The van der Waals surface area contributed by atoms with Gasteiger partial charge in [0.15, 0.2) is 0 Å². The van der Waals surface area contributed by atoms with E-state index in [2.05, 4.69) is 17.1 Å². The summed E-state index contributed by atoms with van der Waals surface area (Å²) in [6, 6.07) is 0.217. The van der Waals surface area contributed by atoms with Crippen LogP contribution in [0.3, 0.4) is 0 Å². The Morgan fingerprint density at radius 2 is 1.90 bits per heavy atom. The number of carbonyl (C=O) groups excluding carboxylic acids is 1. The van der Waals surface area contributed by atoms with E-state index in [0.29, 0.717) is 24.5 Å². The van der Waals surface area contributed by atoms with Crippen molar-refractivity contribution in [2.45, 2.75) is 51.5 Å². The molecule has 0 aromatic carbocycles. The van der Waals surface area contributed by atoms with E-state index in [-0.39, 0.29) is 12.0 Å². The minimum Gasteiger partial charge on any atom is -0.379 e. The van der Waals surface area contributed by atoms with Gasteiger partial charge in [-0.25, -0.2) is 0 Å². The predicted molar refractivity (Wildman–Crippen MR) is 78.5 cm³/mol. The Hall–Kier alpha value is -0.610. The van der Waals surface area contributed by atoms with Gasteiger partial charge >= 0.3 is 0 Å². The van der Waals surface area contributed by atoms with Crippen LogP contribution in [0.5, 0.6) is 0 Å². The number of nitrogens with zero attached hydrogens (tertiary/aromatic N) is 1. The maximum Gasteiger partial charge on any atom is 0.229 e. The fourth-order valence-corrected chi connectivity index (χ4v) is 4.32. The van der Waals surface area contributed by atoms with Gasteiger partial charge in [-0.05, 0) is 37.6 Å². The van der Waals surface area contributed by atoms with Crippen molar-refractivity contribution < 1.29 is 9.53 Å². The number of likely N-dealkylation sites (N-methyl/N-ethyl adjacent to an activating group) is 1. The standard InChI is InChI=1S/C16H28N2O2/c1-2-17-14-12-20-11-13(14)15(19)18-9-7-16(8-10-18)5-3-4-6-16/h13-14,17H,2-12H2,1H3. The third-order valence-corrected chi connectivity index (χ3v) is 5.66. The van der Waals surface area contributed by atoms with Gasteiger partial charge in [0.2, 0.25) is 5.91 Å². The maximum atomic E-state index is 12.7. The molecule has 0 bridgehead atoms. The highest BCUT2D eigenvalue weighted by molar-refractivity contribution is 5.80. The molecule has 2 aliphatic heterocycles. The van der Waals surface area contributed by atoms with Crippen molar-refractivity contribution in [2.75, 3.05) is 32.8 Å². The van der Waals surface area contributed by atoms with E-state index in [4.69, 9.17) is 4.74 Å². The van der Waals surface area contributed by atoms with E-state index in [9.17, 15) is 4.79 Å². The zero-order chi connectivity index (χ0) is 14.0. The van der Waals surface area contributed by atoms with Gasteiger partial charge in [-0.2, -0.15) is 0 Å². The summed E-state index contributed by atoms with van der Waals surface area (Å²) in [4.78, 5) is 14.8. The van der Waals surface area contributed by atoms with Crippen LogP contribution in [-0.4, -0.2) is 49.7 Å². The Morgan fingerprint density at radius 1 is 1.20 bits per heavy atom. The lowest BCUT2D eigenvalue weighted by Gasteiger charge is -2.40. The zero-order valence-electron chi connectivity index (χ0n) is 12.7. The lowest BCUT2D eigenvalue weighted by Crippen LogP contribution is -2.49. The molecule has 3 rings (SSSR count). The minimum absolute atomic E-state index is 0.0348. The van der Waals surface area contributed by atoms with Crippen molar-refractivity contribution in [1.29, 1.82) is 0 Å². The third kappa shape index (κ3) is 2.73. The molecule has 20 heavy (non-hydrogen) atoms. The lowest BCUT2D eigenvalue weighted by molar-refractivity contribution is -0.138. The van der Waals surface area contributed by atoms with Gasteiger partial charge in [-0.15, -0.1) is 0 Å². The van der Waals surface area contributed by atoms with Crippen molar-refractivity contribution in [3.8, 4) is 0 Å². The molecule has 3 fully saturated rings. The molecule has 1 amide bonds. The van der Waals surface area contributed by atoms with Crippen LogP contribution >= 0.6 is 0 Å². The van der Waals surface area contributed by atoms with Crippen LogP contribution in [0.4, 0.5) is 0 Å². The highest BCUT2D eigenvalue weighted by Gasteiger charge is 2.41. The van der Waals surface area contributed by atoms with Gasteiger partial charge in [0.05, 0.1) is 19.1 Å². The van der Waals surface area contributed by atoms with Crippen molar-refractivity contribution in [1.82, 2.24) is 10.2 Å². The molecule has 0 radical (unpaired) electrons. The highest BCUT2D eigenvalue weighted by atomic mass is 16.5. The van der Waals surface area contributed by atoms with Crippen LogP contribution in [0.1, 0.15) is 45.4 Å². The summed E-state index contributed by atoms with van der Waals surface area (Å²) in [5.41, 5.74) is 0.587. The van der Waals surface area contributed by atoms with Crippen LogP contribution in [0.25, 0.3) is 0 Å². The Morgan fingerprint density at radius 3 is 2.55 bits per heavy atom. The second-order valence-electron chi connectivity index (χ2n) is 6.84. The molecule has 2 atom stereocenters. The summed E-state index contributed by atoms with van der Waals surface area (Å²) >= 11 is 0. The Labute approximate surface area is 122 Å². The average molecular weight is 280 g/mol. The van der Waals surface area contributed by atoms with Gasteiger partial charge in [-0.1, -0.05) is 19.8 Å². The number of hydrogen-bond donors (Lipinski definition) is 1. The number of nitrogens with one attached hydrogen (secondary N) is 1. The van der Waals surface area contributed by atoms with Crippen molar-refractivity contribution in [3.05, 3.63) is 0 Å². The predicted octanol–water partition coefficient (Wildman–Crippen LogP) is 1.79. The van der Waals surface area contributed by atoms with Crippen molar-refractivity contribution >= 4 is 5.91 Å². The largest absolute Gasteiger partial charge is 0.379 e. The number of amides is 1. The molecule has 1 N–H and O–H groups in total. The van der Waals surface area contributed by atoms with E-state index in [1.165, 1.54) is 38.5 Å². The minimum atomic E-state index is 0.0348. The number of rotatable bonds is 3. The molecule has 1 aliphatic carbocycles. The van der Waals surface area contributed by atoms with Gasteiger partial charge in [0.25, 0.3) is 0 Å². The maximum absolute atomic E-state index is 12.7. The number of carbonyl (C=O) groups is 1. The van der Waals surface area contributed by atoms with E-state index in [0.717, 1.165) is 19.6 Å². The van der Waals surface area contributed by atoms with E-state index in [1.807, 2.05) is 0 Å². The number of ether oxygens (including phenoxy) is 1. The van der Waals surface area contributed by atoms with Gasteiger partial charge < -0.3 is 15.0 Å². The molecule has 114 valence electrons. The van der Waals surface area contributed by atoms with Crippen LogP contribution < -0.4 is 5.32 Å². The van der Waals surface area contributed by atoms with Gasteiger partial charge in [0, 0.05) is 19.1 Å². The normalized spacial score (nSPS) is 33.0. The van der Waals surface area contributed by atoms with Crippen molar-refractivity contribution in [3.63, 3.8) is 0 Å². The second kappa shape index (κ2) is 6.02. The van der Waals surface area contributed by atoms with E-state index in [1.54, 1.807) is 0 Å². The third-order valence-electron chi connectivity index (χ3n) is 5.66. The molecular formula is C16H28N2O2. The first-order valence-electron chi connectivity index (χ1n) is 8.34. The van der Waals surface area contributed by atoms with Crippen molar-refractivity contribution in [2.24, 2.45) is 11.3 Å². The van der Waals surface area contributed by atoms with E-state index >= 15 is 0 Å². The Balaban J connectivity index is 1.56. The molecule has 4 nitrogen and oxygen atoms in total. The summed E-state index contributed by atoms with van der Waals surface area (Å²) in [6.45, 7) is 6.20. The average Bonchev–Trinajstić information content (AvgIpc) is 3.10. The quantitative estimate of drug-likeness (QED) is 0.857. The molecular weight excluding hydrogens is 252 g/mol. The SMILES string of the molecule is CCNC1COCC1C(=O)N1CCC2(CCCC2)CC1. The van der Waals surface area contributed by atoms with Crippen LogP contribution in [-0.2, 0) is 9.53 Å². The molecule has 2 saturated heterocycles. The fourth-order valence-electron chi connectivity index (χ4n) is 4.32. The molecule has 2 unspecified atom stereocenters. The van der Waals surface area contributed by atoms with E-state index < -0.39 is 0 Å². The first-order chi connectivity index (χ1) is 9.74. The van der Waals surface area contributed by atoms with Gasteiger partial charge in [-0.3, -0.25) is 4.79 Å². The summed E-state index contributed by atoms with van der Waals surface area (Å²) in [6.07, 6.45) is 8.01. The molecule has 1 saturated carbocycles. The van der Waals surface area contributed by atoms with Crippen LogP contribution in [0.2, 0.25) is 0 Å². The molecule has 1 spiro atoms. The second-order valence-corrected chi connectivity index (χ2v) is 6.84. The number of hydrogen-bond acceptors (Lipinski definition) is 3. The summed E-state index contributed by atoms with van der Waals surface area (Å²) in [7, 11) is 0. The Kier molecular flexibility index (Phi) is 4.32. The molecule has 2 heterocycles. The topological polar surface area (TPSA) is 41.6 Å². The molecule has 0 aromatic heterocycles. The van der Waals surface area contributed by atoms with Crippen LogP contribution in [0.15, 0.2) is 0 Å². The fraction of sp³-hybridized carbons (Fsp3) is 0.938. The Bertz CT molecular complexity index is 342. The summed E-state index contributed by atoms with van der Waals surface area (Å²) in [5, 5.41) is 3.39. The zero-order valence-corrected chi connectivity index (χ0v) is 12.7. The summed E-state index contributed by atoms with van der Waals surface area (Å²) in [5.74, 6) is 0.355. The first kappa shape index (κ1) is 14.3. The highest BCUT2D eigenvalue weighted by Crippen LogP contribution is 2.46. The monoisotopic (exact) mass is 280 g/mol. The first-order valence-corrected chi connectivity index (χ1v) is 8.34.